The van der Waals surface area contributed by atoms with E-state index in [0.717, 1.165) is 17.0 Å². The van der Waals surface area contributed by atoms with Crippen LogP contribution in [0.2, 0.25) is 0 Å². The lowest BCUT2D eigenvalue weighted by atomic mass is 10.0. The number of ether oxygens (including phenoxy) is 3. The van der Waals surface area contributed by atoms with Crippen LogP contribution in [0.5, 0.6) is 11.5 Å². The van der Waals surface area contributed by atoms with Crippen molar-refractivity contribution in [3.8, 4) is 11.5 Å². The Labute approximate surface area is 345 Å². The van der Waals surface area contributed by atoms with Gasteiger partial charge in [0.1, 0.15) is 54.0 Å². The van der Waals surface area contributed by atoms with E-state index in [0.29, 0.717) is 29.5 Å². The summed E-state index contributed by atoms with van der Waals surface area (Å²) >= 11 is 0. The van der Waals surface area contributed by atoms with Gasteiger partial charge < -0.3 is 50.0 Å². The number of likely N-dealkylation sites (N-methyl/N-ethyl adjacent to an activating group) is 1. The fourth-order valence-electron chi connectivity index (χ4n) is 8.30. The van der Waals surface area contributed by atoms with Crippen LogP contribution in [0.15, 0.2) is 36.4 Å². The number of carbonyl (C=O) groups is 7. The Kier molecular flexibility index (Phi) is 13.3. The fraction of sp³-hybridized carbons (Fsp3) is 0.537. The summed E-state index contributed by atoms with van der Waals surface area (Å²) in [6.45, 7) is 6.06. The second-order valence-electron chi connectivity index (χ2n) is 16.0. The zero-order chi connectivity index (χ0) is 43.6. The number of nitrogens with one attached hydrogen (secondary N) is 3. The van der Waals surface area contributed by atoms with Crippen LogP contribution in [0.25, 0.3) is 0 Å². The number of halogens is 2. The maximum Gasteiger partial charge on any atom is 0.329 e. The number of hydrogen-bond donors (Lipinski definition) is 4. The molecule has 0 aliphatic carbocycles. The van der Waals surface area contributed by atoms with Crippen LogP contribution in [-0.4, -0.2) is 137 Å². The SMILES string of the molecule is C[C@@H]1C[C@H]2C(=O)O[C@@H](C)[C@H](NC(=O)[C@H](Cc3cc(F)cc(F)c3)NC(=O)Cc3ccc4c(c3)OCO4)C(=O)N3CCC[C@H]3C(=O)N(C)[C@@H]([C@@H](C)O)C(=O)N[C@@H](C)C(=O)N2C1. The number of aliphatic hydroxyl groups excluding tert-OH is 1. The highest BCUT2D eigenvalue weighted by Gasteiger charge is 2.47. The molecular weight excluding hydrogens is 790 g/mol. The van der Waals surface area contributed by atoms with Crippen molar-refractivity contribution in [2.45, 2.75) is 108 Å². The molecule has 0 unspecified atom stereocenters. The topological polar surface area (TPSA) is 213 Å². The molecule has 0 saturated carbocycles. The highest BCUT2D eigenvalue weighted by molar-refractivity contribution is 5.98. The highest BCUT2D eigenvalue weighted by Crippen LogP contribution is 2.33. The number of benzene rings is 2. The number of nitrogens with zero attached hydrogens (tertiary/aromatic N) is 3. The van der Waals surface area contributed by atoms with E-state index in [9.17, 15) is 47.4 Å². The fourth-order valence-corrected chi connectivity index (χ4v) is 8.30. The number of amides is 6. The molecule has 0 bridgehead atoms. The molecule has 0 spiro atoms. The summed E-state index contributed by atoms with van der Waals surface area (Å²) in [7, 11) is 1.30. The summed E-state index contributed by atoms with van der Waals surface area (Å²) in [5, 5.41) is 18.5. The first-order valence-corrected chi connectivity index (χ1v) is 19.9. The Morgan fingerprint density at radius 3 is 2.32 bits per heavy atom. The highest BCUT2D eigenvalue weighted by atomic mass is 19.1. The summed E-state index contributed by atoms with van der Waals surface area (Å²) in [4.78, 5) is 101. The van der Waals surface area contributed by atoms with E-state index in [1.807, 2.05) is 6.92 Å². The van der Waals surface area contributed by atoms with Gasteiger partial charge in [0, 0.05) is 32.6 Å². The van der Waals surface area contributed by atoms with Crippen LogP contribution < -0.4 is 25.4 Å². The Bertz CT molecular complexity index is 2020. The second-order valence-corrected chi connectivity index (χ2v) is 16.0. The molecule has 4 aliphatic rings. The van der Waals surface area contributed by atoms with Crippen molar-refractivity contribution in [1.29, 1.82) is 0 Å². The Morgan fingerprint density at radius 1 is 0.917 bits per heavy atom. The molecule has 19 heteroatoms. The third kappa shape index (κ3) is 9.61. The molecule has 2 aromatic rings. The smallest absolute Gasteiger partial charge is 0.329 e. The molecule has 9 atom stereocenters. The molecule has 0 radical (unpaired) electrons. The average Bonchev–Trinajstić information content (AvgIpc) is 3.95. The molecule has 60 heavy (non-hydrogen) atoms. The molecule has 3 fully saturated rings. The maximum absolute atomic E-state index is 14.7. The van der Waals surface area contributed by atoms with Crippen LogP contribution >= 0.6 is 0 Å². The minimum absolute atomic E-state index is 0.000828. The van der Waals surface area contributed by atoms with Crippen LogP contribution in [0, 0.1) is 17.6 Å². The first-order chi connectivity index (χ1) is 28.4. The summed E-state index contributed by atoms with van der Waals surface area (Å²) in [6, 6.07) is -0.726. The third-order valence-electron chi connectivity index (χ3n) is 11.3. The quantitative estimate of drug-likeness (QED) is 0.266. The van der Waals surface area contributed by atoms with E-state index in [2.05, 4.69) is 16.0 Å². The molecule has 324 valence electrons. The first-order valence-electron chi connectivity index (χ1n) is 19.9. The Balaban J connectivity index is 1.33. The van der Waals surface area contributed by atoms with Gasteiger partial charge in [0.2, 0.25) is 42.2 Å². The van der Waals surface area contributed by atoms with Gasteiger partial charge in [-0.05, 0) is 81.3 Å². The number of carbonyl (C=O) groups excluding carboxylic acids is 7. The van der Waals surface area contributed by atoms with Crippen molar-refractivity contribution in [3.63, 3.8) is 0 Å². The summed E-state index contributed by atoms with van der Waals surface area (Å²) < 4.78 is 45.3. The lowest BCUT2D eigenvalue weighted by molar-refractivity contribution is -0.163. The number of aliphatic hydroxyl groups is 1. The first kappa shape index (κ1) is 43.7. The van der Waals surface area contributed by atoms with Crippen molar-refractivity contribution in [2.75, 3.05) is 26.9 Å². The molecule has 3 saturated heterocycles. The second kappa shape index (κ2) is 18.2. The summed E-state index contributed by atoms with van der Waals surface area (Å²) in [5.74, 6) is -6.70. The zero-order valence-electron chi connectivity index (χ0n) is 33.9. The van der Waals surface area contributed by atoms with Gasteiger partial charge in [-0.25, -0.2) is 13.6 Å². The van der Waals surface area contributed by atoms with Crippen molar-refractivity contribution in [1.82, 2.24) is 30.7 Å². The number of fused-ring (bicyclic) bond motifs is 3. The molecule has 2 aromatic carbocycles. The molecule has 4 aliphatic heterocycles. The number of rotatable bonds is 8. The standard InChI is InChI=1S/C41H50F2N6O11/c1-20-11-30-41(57)60-23(4)34(40(56)48-10-6-7-29(48)39(55)47(5)35(22(3)50)37(53)44-21(2)38(54)49(30)18-20)46-36(52)28(14-25-12-26(42)17-27(43)13-25)45-33(51)16-24-8-9-31-32(15-24)59-19-58-31/h8-9,12-13,15,17,20-23,28-30,34-35,50H,6-7,10-11,14,16,18-19H2,1-5H3,(H,44,53)(H,45,51)(H,46,52)/t20-,21+,22-,23+,28+,29+,30+,34+,35+/m1/s1. The van der Waals surface area contributed by atoms with Gasteiger partial charge in [0.25, 0.3) is 0 Å². The lowest BCUT2D eigenvalue weighted by Gasteiger charge is -2.37. The molecule has 6 rings (SSSR count). The third-order valence-corrected chi connectivity index (χ3v) is 11.3. The van der Waals surface area contributed by atoms with E-state index >= 15 is 0 Å². The number of cyclic esters (lactones) is 1. The minimum Gasteiger partial charge on any atom is -0.458 e. The van der Waals surface area contributed by atoms with Gasteiger partial charge in [0.15, 0.2) is 11.5 Å². The maximum atomic E-state index is 14.7. The number of esters is 1. The van der Waals surface area contributed by atoms with Gasteiger partial charge in [-0.2, -0.15) is 0 Å². The predicted molar refractivity (Wildman–Crippen MR) is 206 cm³/mol. The summed E-state index contributed by atoms with van der Waals surface area (Å²) in [6.07, 6.45) is -2.86. The Hall–Kier alpha value is -5.85. The van der Waals surface area contributed by atoms with Crippen LogP contribution in [0.4, 0.5) is 8.78 Å². The van der Waals surface area contributed by atoms with Crippen molar-refractivity contribution < 1.29 is 61.7 Å². The normalized spacial score (nSPS) is 27.2. The van der Waals surface area contributed by atoms with E-state index in [4.69, 9.17) is 14.2 Å². The van der Waals surface area contributed by atoms with Gasteiger partial charge in [-0.1, -0.05) is 13.0 Å². The van der Waals surface area contributed by atoms with Crippen molar-refractivity contribution in [2.24, 2.45) is 5.92 Å². The van der Waals surface area contributed by atoms with E-state index in [1.54, 1.807) is 18.2 Å². The van der Waals surface area contributed by atoms with Gasteiger partial charge in [0.05, 0.1) is 12.5 Å². The lowest BCUT2D eigenvalue weighted by Crippen LogP contribution is -2.63. The molecule has 4 N–H and O–H groups in total. The van der Waals surface area contributed by atoms with Gasteiger partial charge in [-0.15, -0.1) is 0 Å². The van der Waals surface area contributed by atoms with Gasteiger partial charge >= 0.3 is 5.97 Å². The van der Waals surface area contributed by atoms with Crippen molar-refractivity contribution >= 4 is 41.4 Å². The molecular formula is C41H50F2N6O11. The summed E-state index contributed by atoms with van der Waals surface area (Å²) in [5.41, 5.74) is 0.494. The van der Waals surface area contributed by atoms with E-state index in [1.165, 1.54) is 37.6 Å². The Morgan fingerprint density at radius 2 is 1.62 bits per heavy atom. The van der Waals surface area contributed by atoms with Gasteiger partial charge in [-0.3, -0.25) is 28.8 Å². The van der Waals surface area contributed by atoms with Crippen LogP contribution in [0.1, 0.15) is 58.1 Å². The van der Waals surface area contributed by atoms with Crippen LogP contribution in [0.3, 0.4) is 0 Å². The molecule has 6 amide bonds. The van der Waals surface area contributed by atoms with E-state index < -0.39 is 108 Å². The average molecular weight is 841 g/mol. The largest absolute Gasteiger partial charge is 0.458 e. The van der Waals surface area contributed by atoms with Crippen molar-refractivity contribution in [3.05, 3.63) is 59.2 Å². The van der Waals surface area contributed by atoms with E-state index in [-0.39, 0.29) is 50.6 Å². The molecule has 0 aromatic heterocycles. The minimum atomic E-state index is -1.69. The molecule has 4 heterocycles. The predicted octanol–water partition coefficient (Wildman–Crippen LogP) is 0.334. The van der Waals surface area contributed by atoms with Crippen LogP contribution in [-0.2, 0) is 51.1 Å². The number of hydrogen-bond acceptors (Lipinski definition) is 11. The molecule has 17 nitrogen and oxygen atoms in total. The zero-order valence-corrected chi connectivity index (χ0v) is 33.9. The monoisotopic (exact) mass is 840 g/mol.